The largest absolute Gasteiger partial charge is 0.448 e. The van der Waals surface area contributed by atoms with Crippen LogP contribution in [0.5, 0.6) is 0 Å². The lowest BCUT2D eigenvalue weighted by molar-refractivity contribution is 0.0926. The summed E-state index contributed by atoms with van der Waals surface area (Å²) in [6.07, 6.45) is -0.391. The molecule has 0 spiro atoms. The quantitative estimate of drug-likeness (QED) is 0.910. The predicted octanol–water partition coefficient (Wildman–Crippen LogP) is 2.16. The second kappa shape index (κ2) is 6.21. The van der Waals surface area contributed by atoms with Gasteiger partial charge < -0.3 is 15.0 Å². The number of ether oxygens (including phenoxy) is 1. The van der Waals surface area contributed by atoms with E-state index in [9.17, 15) is 14.0 Å². The van der Waals surface area contributed by atoms with Gasteiger partial charge in [0.1, 0.15) is 12.4 Å². The average molecular weight is 345 g/mol. The number of amides is 2. The molecule has 5 nitrogen and oxygen atoms in total. The molecule has 20 heavy (non-hydrogen) atoms. The van der Waals surface area contributed by atoms with Crippen LogP contribution >= 0.6 is 15.9 Å². The normalized spacial score (nSPS) is 15.9. The van der Waals surface area contributed by atoms with Crippen molar-refractivity contribution in [2.75, 3.05) is 19.7 Å². The van der Waals surface area contributed by atoms with E-state index in [1.165, 1.54) is 17.0 Å². The molecule has 1 atom stereocenters. The van der Waals surface area contributed by atoms with E-state index in [0.717, 1.165) is 0 Å². The zero-order valence-corrected chi connectivity index (χ0v) is 12.4. The topological polar surface area (TPSA) is 58.6 Å². The zero-order chi connectivity index (χ0) is 14.7. The van der Waals surface area contributed by atoms with Crippen LogP contribution in [0.1, 0.15) is 17.3 Å². The highest BCUT2D eigenvalue weighted by Gasteiger charge is 2.25. The number of benzene rings is 1. The molecule has 1 aliphatic heterocycles. The van der Waals surface area contributed by atoms with E-state index < -0.39 is 17.8 Å². The molecule has 1 aromatic carbocycles. The van der Waals surface area contributed by atoms with Gasteiger partial charge >= 0.3 is 6.09 Å². The van der Waals surface area contributed by atoms with Gasteiger partial charge in [-0.1, -0.05) is 6.07 Å². The number of hydrogen-bond acceptors (Lipinski definition) is 3. The Hall–Kier alpha value is -1.63. The first kappa shape index (κ1) is 14.8. The van der Waals surface area contributed by atoms with E-state index in [1.54, 1.807) is 13.0 Å². The highest BCUT2D eigenvalue weighted by Crippen LogP contribution is 2.19. The molecule has 1 heterocycles. The van der Waals surface area contributed by atoms with Crippen molar-refractivity contribution in [2.24, 2.45) is 0 Å². The van der Waals surface area contributed by atoms with Crippen LogP contribution in [-0.2, 0) is 4.74 Å². The van der Waals surface area contributed by atoms with Crippen molar-refractivity contribution in [3.05, 3.63) is 34.1 Å². The molecule has 1 aromatic rings. The maximum absolute atomic E-state index is 13.6. The fourth-order valence-electron chi connectivity index (χ4n) is 1.98. The number of rotatable bonds is 4. The summed E-state index contributed by atoms with van der Waals surface area (Å²) in [7, 11) is 0. The van der Waals surface area contributed by atoms with E-state index in [2.05, 4.69) is 21.2 Å². The molecule has 2 rings (SSSR count). The molecule has 2 amide bonds. The number of carbonyl (C=O) groups is 2. The van der Waals surface area contributed by atoms with Crippen LogP contribution in [0.15, 0.2) is 22.7 Å². The van der Waals surface area contributed by atoms with Crippen LogP contribution in [0.2, 0.25) is 0 Å². The number of halogens is 2. The summed E-state index contributed by atoms with van der Waals surface area (Å²) < 4.78 is 18.8. The molecular formula is C13H14BrFN2O3. The minimum absolute atomic E-state index is 0.0386. The van der Waals surface area contributed by atoms with Crippen LogP contribution < -0.4 is 5.32 Å². The van der Waals surface area contributed by atoms with Gasteiger partial charge in [-0.25, -0.2) is 9.18 Å². The van der Waals surface area contributed by atoms with Crippen molar-refractivity contribution >= 4 is 27.9 Å². The number of cyclic esters (lactones) is 1. The van der Waals surface area contributed by atoms with Crippen molar-refractivity contribution in [3.8, 4) is 0 Å². The Bertz CT molecular complexity index is 518. The Morgan fingerprint density at radius 1 is 1.60 bits per heavy atom. The Kier molecular flexibility index (Phi) is 4.59. The second-order valence-corrected chi connectivity index (χ2v) is 5.39. The second-order valence-electron chi connectivity index (χ2n) is 4.53. The van der Waals surface area contributed by atoms with E-state index in [1.807, 2.05) is 0 Å². The number of nitrogens with zero attached hydrogens (tertiary/aromatic N) is 1. The van der Waals surface area contributed by atoms with E-state index in [-0.39, 0.29) is 11.6 Å². The third-order valence-electron chi connectivity index (χ3n) is 2.91. The van der Waals surface area contributed by atoms with Gasteiger partial charge in [-0.05, 0) is 35.0 Å². The molecule has 1 saturated heterocycles. The average Bonchev–Trinajstić information content (AvgIpc) is 2.74. The van der Waals surface area contributed by atoms with Gasteiger partial charge in [-0.2, -0.15) is 0 Å². The molecule has 0 bridgehead atoms. The van der Waals surface area contributed by atoms with E-state index in [4.69, 9.17) is 4.74 Å². The van der Waals surface area contributed by atoms with Gasteiger partial charge in [0.15, 0.2) is 0 Å². The lowest BCUT2D eigenvalue weighted by Gasteiger charge is -2.20. The SMILES string of the molecule is C[C@@H](CN1CCOC1=O)NC(=O)c1c(F)cccc1Br. The third-order valence-corrected chi connectivity index (χ3v) is 3.57. The van der Waals surface area contributed by atoms with Gasteiger partial charge in [-0.15, -0.1) is 0 Å². The van der Waals surface area contributed by atoms with Crippen LogP contribution in [0.4, 0.5) is 9.18 Å². The summed E-state index contributed by atoms with van der Waals surface area (Å²) in [4.78, 5) is 24.8. The zero-order valence-electron chi connectivity index (χ0n) is 10.9. The molecule has 7 heteroatoms. The van der Waals surface area contributed by atoms with Crippen LogP contribution in [0.3, 0.4) is 0 Å². The Labute approximate surface area is 124 Å². The van der Waals surface area contributed by atoms with Crippen molar-refractivity contribution in [1.82, 2.24) is 10.2 Å². The highest BCUT2D eigenvalue weighted by atomic mass is 79.9. The number of carbonyl (C=O) groups excluding carboxylic acids is 2. The standard InChI is InChI=1S/C13H14BrFN2O3/c1-8(7-17-5-6-20-13(17)19)16-12(18)11-9(14)3-2-4-10(11)15/h2-4,8H,5-7H2,1H3,(H,16,18)/t8-/m0/s1. The third kappa shape index (κ3) is 3.27. The Morgan fingerprint density at radius 3 is 2.95 bits per heavy atom. The molecule has 0 aromatic heterocycles. The van der Waals surface area contributed by atoms with Crippen LogP contribution in [0.25, 0.3) is 0 Å². The summed E-state index contributed by atoms with van der Waals surface area (Å²) in [6, 6.07) is 4.03. The summed E-state index contributed by atoms with van der Waals surface area (Å²) in [6.45, 7) is 2.94. The van der Waals surface area contributed by atoms with Gasteiger partial charge in [0, 0.05) is 17.1 Å². The molecule has 1 aliphatic rings. The molecular weight excluding hydrogens is 331 g/mol. The van der Waals surface area contributed by atoms with Crippen molar-refractivity contribution in [1.29, 1.82) is 0 Å². The smallest absolute Gasteiger partial charge is 0.410 e. The molecule has 0 aliphatic carbocycles. The fourth-order valence-corrected chi connectivity index (χ4v) is 2.50. The summed E-state index contributed by atoms with van der Waals surface area (Å²) in [5.41, 5.74) is -0.0386. The first-order valence-corrected chi connectivity index (χ1v) is 6.95. The molecule has 1 fully saturated rings. The van der Waals surface area contributed by atoms with Gasteiger partial charge in [-0.3, -0.25) is 4.79 Å². The number of nitrogens with one attached hydrogen (secondary N) is 1. The molecule has 108 valence electrons. The van der Waals surface area contributed by atoms with E-state index in [0.29, 0.717) is 24.2 Å². The summed E-state index contributed by atoms with van der Waals surface area (Å²) in [5, 5.41) is 2.67. The maximum Gasteiger partial charge on any atom is 0.410 e. The van der Waals surface area contributed by atoms with Gasteiger partial charge in [0.05, 0.1) is 12.1 Å². The minimum atomic E-state index is -0.593. The fraction of sp³-hybridized carbons (Fsp3) is 0.385. The van der Waals surface area contributed by atoms with E-state index >= 15 is 0 Å². The molecule has 0 saturated carbocycles. The highest BCUT2D eigenvalue weighted by molar-refractivity contribution is 9.10. The first-order chi connectivity index (χ1) is 9.49. The van der Waals surface area contributed by atoms with Crippen LogP contribution in [0, 0.1) is 5.82 Å². The van der Waals surface area contributed by atoms with Gasteiger partial charge in [0.25, 0.3) is 5.91 Å². The monoisotopic (exact) mass is 344 g/mol. The molecule has 0 radical (unpaired) electrons. The minimum Gasteiger partial charge on any atom is -0.448 e. The first-order valence-electron chi connectivity index (χ1n) is 6.15. The lowest BCUT2D eigenvalue weighted by atomic mass is 10.2. The van der Waals surface area contributed by atoms with Gasteiger partial charge in [0.2, 0.25) is 0 Å². The molecule has 1 N–H and O–H groups in total. The summed E-state index contributed by atoms with van der Waals surface area (Å²) >= 11 is 3.15. The lowest BCUT2D eigenvalue weighted by Crippen LogP contribution is -2.42. The number of hydrogen-bond donors (Lipinski definition) is 1. The maximum atomic E-state index is 13.6. The Morgan fingerprint density at radius 2 is 2.35 bits per heavy atom. The van der Waals surface area contributed by atoms with Crippen molar-refractivity contribution in [2.45, 2.75) is 13.0 Å². The summed E-state index contributed by atoms with van der Waals surface area (Å²) in [5.74, 6) is -1.11. The molecule has 0 unspecified atom stereocenters. The van der Waals surface area contributed by atoms with Crippen molar-refractivity contribution < 1.29 is 18.7 Å². The van der Waals surface area contributed by atoms with Crippen LogP contribution in [-0.4, -0.2) is 42.6 Å². The Balaban J connectivity index is 1.99. The van der Waals surface area contributed by atoms with Crippen molar-refractivity contribution in [3.63, 3.8) is 0 Å². The predicted molar refractivity (Wildman–Crippen MR) is 73.9 cm³/mol.